The molecule has 36 heavy (non-hydrogen) atoms. The van der Waals surface area contributed by atoms with Gasteiger partial charge in [-0.1, -0.05) is 31.2 Å². The molecular weight excluding hydrogens is 478 g/mol. The van der Waals surface area contributed by atoms with Crippen molar-refractivity contribution in [1.82, 2.24) is 14.5 Å². The molecule has 0 aromatic heterocycles. The molecule has 1 saturated heterocycles. The molecular formula is C27H35N3O5S. The molecule has 4 rings (SSSR count). The molecule has 2 aliphatic carbocycles. The molecule has 1 aliphatic heterocycles. The van der Waals surface area contributed by atoms with Gasteiger partial charge in [0.15, 0.2) is 0 Å². The number of carbonyl (C=O) groups excluding carboxylic acids is 2. The Labute approximate surface area is 213 Å². The fourth-order valence-electron chi connectivity index (χ4n) is 4.54. The summed E-state index contributed by atoms with van der Waals surface area (Å²) in [6, 6.07) is 7.21. The van der Waals surface area contributed by atoms with E-state index in [1.165, 1.54) is 0 Å². The molecule has 0 unspecified atom stereocenters. The van der Waals surface area contributed by atoms with E-state index in [4.69, 9.17) is 0 Å². The Bertz CT molecular complexity index is 1170. The fourth-order valence-corrected chi connectivity index (χ4v) is 6.07. The smallest absolute Gasteiger partial charge is 0.254 e. The van der Waals surface area contributed by atoms with Crippen LogP contribution in [-0.2, 0) is 14.8 Å². The number of aliphatic hydroxyl groups is 1. The Kier molecular flexibility index (Phi) is 7.70. The van der Waals surface area contributed by atoms with Crippen LogP contribution in [0.4, 0.5) is 0 Å². The van der Waals surface area contributed by atoms with Crippen molar-refractivity contribution in [1.29, 1.82) is 0 Å². The van der Waals surface area contributed by atoms with Crippen LogP contribution in [0, 0.1) is 5.92 Å². The summed E-state index contributed by atoms with van der Waals surface area (Å²) in [5.74, 6) is 0.0394. The van der Waals surface area contributed by atoms with Gasteiger partial charge in [-0.2, -0.15) is 0 Å². The van der Waals surface area contributed by atoms with Crippen molar-refractivity contribution in [3.8, 4) is 0 Å². The maximum absolute atomic E-state index is 13.0. The molecule has 9 heteroatoms. The van der Waals surface area contributed by atoms with Gasteiger partial charge in [0.05, 0.1) is 5.75 Å². The third kappa shape index (κ3) is 6.25. The maximum Gasteiger partial charge on any atom is 0.254 e. The summed E-state index contributed by atoms with van der Waals surface area (Å²) in [6.45, 7) is 7.27. The fraction of sp³-hybridized carbons (Fsp3) is 0.481. The minimum atomic E-state index is -3.43. The van der Waals surface area contributed by atoms with E-state index in [-0.39, 0.29) is 23.5 Å². The summed E-state index contributed by atoms with van der Waals surface area (Å²) in [4.78, 5) is 28.6. The van der Waals surface area contributed by atoms with Crippen molar-refractivity contribution in [2.45, 2.75) is 44.6 Å². The molecule has 194 valence electrons. The number of nitrogens with zero attached hydrogens (tertiary/aromatic N) is 2. The van der Waals surface area contributed by atoms with Gasteiger partial charge in [0.25, 0.3) is 11.8 Å². The van der Waals surface area contributed by atoms with Gasteiger partial charge in [0.1, 0.15) is 5.60 Å². The minimum absolute atomic E-state index is 0.101. The standard InChI is InChI=1S/C27H35N3O5S/c1-3-5-24(28-36(34,35)19-21-6-4-7-21)18-20(2)22-8-10-23(11-9-22)25(31)29-14-16-30(17-15-29)26(32)27(33)12-13-27/h3,5,8-11,18,21,28,33H,1,4,6-7,12-17,19H2,2H3/b20-18+,24-5+. The molecule has 0 atom stereocenters. The Morgan fingerprint density at radius 1 is 1.08 bits per heavy atom. The highest BCUT2D eigenvalue weighted by Crippen LogP contribution is 2.37. The lowest BCUT2D eigenvalue weighted by Gasteiger charge is -2.35. The van der Waals surface area contributed by atoms with Gasteiger partial charge < -0.3 is 14.9 Å². The molecule has 2 N–H and O–H groups in total. The first-order valence-electron chi connectivity index (χ1n) is 12.5. The average molecular weight is 514 g/mol. The first-order valence-corrected chi connectivity index (χ1v) is 14.2. The summed E-state index contributed by atoms with van der Waals surface area (Å²) >= 11 is 0. The van der Waals surface area contributed by atoms with Gasteiger partial charge in [-0.3, -0.25) is 14.3 Å². The second-order valence-electron chi connectivity index (χ2n) is 10.1. The number of piperazine rings is 1. The van der Waals surface area contributed by atoms with Crippen LogP contribution in [0.25, 0.3) is 5.57 Å². The zero-order valence-electron chi connectivity index (χ0n) is 20.8. The van der Waals surface area contributed by atoms with Gasteiger partial charge in [-0.15, -0.1) is 0 Å². The predicted octanol–water partition coefficient (Wildman–Crippen LogP) is 2.69. The normalized spacial score (nSPS) is 20.5. The molecule has 0 bridgehead atoms. The van der Waals surface area contributed by atoms with Crippen molar-refractivity contribution in [3.63, 3.8) is 0 Å². The van der Waals surface area contributed by atoms with Crippen LogP contribution < -0.4 is 4.72 Å². The third-order valence-corrected chi connectivity index (χ3v) is 8.64. The van der Waals surface area contributed by atoms with E-state index in [0.717, 1.165) is 30.4 Å². The topological polar surface area (TPSA) is 107 Å². The van der Waals surface area contributed by atoms with Gasteiger partial charge in [0, 0.05) is 37.4 Å². The number of carbonyl (C=O) groups is 2. The largest absolute Gasteiger partial charge is 0.380 e. The third-order valence-electron chi connectivity index (χ3n) is 7.19. The van der Waals surface area contributed by atoms with Crippen LogP contribution in [0.2, 0.25) is 0 Å². The lowest BCUT2D eigenvalue weighted by Crippen LogP contribution is -2.53. The van der Waals surface area contributed by atoms with E-state index in [1.807, 2.05) is 19.1 Å². The highest BCUT2D eigenvalue weighted by atomic mass is 32.2. The first kappa shape index (κ1) is 26.2. The molecule has 2 amide bonds. The molecule has 1 aromatic carbocycles. The minimum Gasteiger partial charge on any atom is -0.380 e. The zero-order valence-corrected chi connectivity index (χ0v) is 21.6. The van der Waals surface area contributed by atoms with Crippen LogP contribution in [0.1, 0.15) is 54.9 Å². The first-order chi connectivity index (χ1) is 17.1. The number of amides is 2. The van der Waals surface area contributed by atoms with Crippen LogP contribution >= 0.6 is 0 Å². The van der Waals surface area contributed by atoms with Crippen LogP contribution in [0.3, 0.4) is 0 Å². The van der Waals surface area contributed by atoms with Crippen molar-refractivity contribution >= 4 is 27.4 Å². The van der Waals surface area contributed by atoms with E-state index in [1.54, 1.807) is 40.2 Å². The average Bonchev–Trinajstić information content (AvgIpc) is 3.59. The summed E-state index contributed by atoms with van der Waals surface area (Å²) < 4.78 is 27.7. The Balaban J connectivity index is 1.36. The Hall–Kier alpha value is -2.91. The molecule has 0 spiro atoms. The van der Waals surface area contributed by atoms with Gasteiger partial charge >= 0.3 is 0 Å². The predicted molar refractivity (Wildman–Crippen MR) is 139 cm³/mol. The van der Waals surface area contributed by atoms with Crippen LogP contribution in [-0.4, -0.2) is 72.7 Å². The van der Waals surface area contributed by atoms with Gasteiger partial charge in [0.2, 0.25) is 10.0 Å². The molecule has 2 saturated carbocycles. The second kappa shape index (κ2) is 10.6. The quantitative estimate of drug-likeness (QED) is 0.494. The van der Waals surface area contributed by atoms with Crippen molar-refractivity contribution < 1.29 is 23.1 Å². The van der Waals surface area contributed by atoms with E-state index >= 15 is 0 Å². The molecule has 1 heterocycles. The van der Waals surface area contributed by atoms with Crippen LogP contribution in [0.5, 0.6) is 0 Å². The number of sulfonamides is 1. The molecule has 1 aromatic rings. The lowest BCUT2D eigenvalue weighted by molar-refractivity contribution is -0.143. The van der Waals surface area contributed by atoms with Crippen LogP contribution in [0.15, 0.2) is 54.8 Å². The molecule has 3 fully saturated rings. The number of nitrogens with one attached hydrogen (secondary N) is 1. The molecule has 0 radical (unpaired) electrons. The highest BCUT2D eigenvalue weighted by molar-refractivity contribution is 7.89. The van der Waals surface area contributed by atoms with Crippen molar-refractivity contribution in [2.75, 3.05) is 31.9 Å². The zero-order chi connectivity index (χ0) is 25.9. The van der Waals surface area contributed by atoms with Crippen molar-refractivity contribution in [2.24, 2.45) is 5.92 Å². The van der Waals surface area contributed by atoms with Crippen molar-refractivity contribution in [3.05, 3.63) is 65.9 Å². The van der Waals surface area contributed by atoms with Gasteiger partial charge in [-0.05, 0) is 73.9 Å². The summed E-state index contributed by atoms with van der Waals surface area (Å²) in [5, 5.41) is 10.0. The molecule has 8 nitrogen and oxygen atoms in total. The van der Waals surface area contributed by atoms with E-state index in [0.29, 0.717) is 50.3 Å². The maximum atomic E-state index is 13.0. The Morgan fingerprint density at radius 2 is 1.67 bits per heavy atom. The van der Waals surface area contributed by atoms with E-state index < -0.39 is 15.6 Å². The summed E-state index contributed by atoms with van der Waals surface area (Å²) in [6.07, 6.45) is 8.98. The molecule has 3 aliphatic rings. The SMILES string of the molecule is C=C/C=C(\C=C(/C)c1ccc(C(=O)N2CCN(C(=O)C3(O)CC3)CC2)cc1)NS(=O)(=O)CC1CCC1. The summed E-state index contributed by atoms with van der Waals surface area (Å²) in [7, 11) is -3.43. The lowest BCUT2D eigenvalue weighted by atomic mass is 9.87. The monoisotopic (exact) mass is 513 g/mol. The number of allylic oxidation sites excluding steroid dienone is 4. The van der Waals surface area contributed by atoms with E-state index in [2.05, 4.69) is 11.3 Å². The number of rotatable bonds is 9. The number of hydrogen-bond donors (Lipinski definition) is 2. The van der Waals surface area contributed by atoms with Gasteiger partial charge in [-0.25, -0.2) is 8.42 Å². The number of hydrogen-bond acceptors (Lipinski definition) is 5. The second-order valence-corrected chi connectivity index (χ2v) is 11.8. The number of benzene rings is 1. The Morgan fingerprint density at radius 3 is 2.19 bits per heavy atom. The summed E-state index contributed by atoms with van der Waals surface area (Å²) in [5.41, 5.74) is 1.54. The highest BCUT2D eigenvalue weighted by Gasteiger charge is 2.50. The van der Waals surface area contributed by atoms with E-state index in [9.17, 15) is 23.1 Å².